The third kappa shape index (κ3) is 3.92. The zero-order valence-corrected chi connectivity index (χ0v) is 11.2. The van der Waals surface area contributed by atoms with Crippen molar-refractivity contribution in [2.75, 3.05) is 5.32 Å². The molecule has 2 aromatic carbocycles. The number of ketones is 1. The van der Waals surface area contributed by atoms with Gasteiger partial charge in [0.25, 0.3) is 0 Å². The minimum Gasteiger partial charge on any atom is -0.326 e. The minimum atomic E-state index is -0.119. The Kier molecular flexibility index (Phi) is 4.45. The van der Waals surface area contributed by atoms with Gasteiger partial charge in [0, 0.05) is 18.2 Å². The molecule has 0 fully saturated rings. The van der Waals surface area contributed by atoms with Crippen LogP contribution in [0.2, 0.25) is 0 Å². The molecule has 0 spiro atoms. The van der Waals surface area contributed by atoms with E-state index >= 15 is 0 Å². The maximum atomic E-state index is 11.9. The fraction of sp³-hybridized carbons (Fsp3) is 0.0588. The molecule has 1 N–H and O–H groups in total. The number of amides is 1. The van der Waals surface area contributed by atoms with Gasteiger partial charge >= 0.3 is 0 Å². The Bertz CT molecular complexity index is 645. The number of carbonyl (C=O) groups is 2. The fourth-order valence-corrected chi connectivity index (χ4v) is 1.79. The van der Waals surface area contributed by atoms with E-state index in [1.807, 2.05) is 36.4 Å². The van der Waals surface area contributed by atoms with Crippen molar-refractivity contribution >= 4 is 23.5 Å². The van der Waals surface area contributed by atoms with Crippen LogP contribution in [0.1, 0.15) is 22.8 Å². The summed E-state index contributed by atoms with van der Waals surface area (Å²) >= 11 is 0. The lowest BCUT2D eigenvalue weighted by atomic mass is 10.1. The second-order valence-corrected chi connectivity index (χ2v) is 4.37. The summed E-state index contributed by atoms with van der Waals surface area (Å²) in [7, 11) is 0. The zero-order chi connectivity index (χ0) is 14.4. The second-order valence-electron chi connectivity index (χ2n) is 4.37. The third-order valence-corrected chi connectivity index (χ3v) is 2.69. The van der Waals surface area contributed by atoms with Crippen LogP contribution < -0.4 is 5.32 Å². The van der Waals surface area contributed by atoms with E-state index in [9.17, 15) is 9.59 Å². The van der Waals surface area contributed by atoms with E-state index in [0.29, 0.717) is 11.3 Å². The van der Waals surface area contributed by atoms with E-state index in [0.717, 1.165) is 5.56 Å². The van der Waals surface area contributed by atoms with Crippen LogP contribution in [-0.2, 0) is 4.79 Å². The molecule has 20 heavy (non-hydrogen) atoms. The predicted octanol–water partition coefficient (Wildman–Crippen LogP) is 3.54. The average Bonchev–Trinajstić information content (AvgIpc) is 2.45. The van der Waals surface area contributed by atoms with Gasteiger partial charge in [0.1, 0.15) is 0 Å². The highest BCUT2D eigenvalue weighted by Gasteiger charge is 2.00. The first kappa shape index (κ1) is 13.7. The van der Waals surface area contributed by atoms with Crippen LogP contribution in [0.5, 0.6) is 0 Å². The van der Waals surface area contributed by atoms with Gasteiger partial charge in [-0.3, -0.25) is 9.59 Å². The van der Waals surface area contributed by atoms with Gasteiger partial charge in [-0.25, -0.2) is 0 Å². The van der Waals surface area contributed by atoms with Crippen LogP contribution in [0.15, 0.2) is 60.7 Å². The van der Waals surface area contributed by atoms with Crippen LogP contribution in [0.4, 0.5) is 5.69 Å². The Balaban J connectivity index is 2.11. The molecule has 0 saturated heterocycles. The van der Waals surface area contributed by atoms with Crippen LogP contribution in [0.25, 0.3) is 6.08 Å². The van der Waals surface area contributed by atoms with Crippen LogP contribution >= 0.6 is 0 Å². The highest BCUT2D eigenvalue weighted by atomic mass is 16.1. The zero-order valence-electron chi connectivity index (χ0n) is 11.2. The SMILES string of the molecule is CC(=O)Nc1cccc(C=CC(=O)c2ccccc2)c1. The summed E-state index contributed by atoms with van der Waals surface area (Å²) in [6.07, 6.45) is 3.27. The van der Waals surface area contributed by atoms with Crippen molar-refractivity contribution in [3.05, 3.63) is 71.8 Å². The molecule has 0 aliphatic carbocycles. The first-order chi connectivity index (χ1) is 9.65. The first-order valence-corrected chi connectivity index (χ1v) is 6.30. The predicted molar refractivity (Wildman–Crippen MR) is 80.6 cm³/mol. The second kappa shape index (κ2) is 6.48. The molecule has 0 bridgehead atoms. The lowest BCUT2D eigenvalue weighted by molar-refractivity contribution is -0.114. The summed E-state index contributed by atoms with van der Waals surface area (Å²) in [5, 5.41) is 2.71. The molecular weight excluding hydrogens is 250 g/mol. The summed E-state index contributed by atoms with van der Waals surface area (Å²) in [4.78, 5) is 22.9. The van der Waals surface area contributed by atoms with Gasteiger partial charge < -0.3 is 5.32 Å². The molecule has 0 saturated carbocycles. The van der Waals surface area contributed by atoms with E-state index in [1.54, 1.807) is 24.3 Å². The summed E-state index contributed by atoms with van der Waals surface area (Å²) in [5.74, 6) is -0.165. The van der Waals surface area contributed by atoms with Crippen molar-refractivity contribution in [3.63, 3.8) is 0 Å². The Morgan fingerprint density at radius 3 is 2.45 bits per heavy atom. The Morgan fingerprint density at radius 2 is 1.75 bits per heavy atom. The van der Waals surface area contributed by atoms with Gasteiger partial charge in [-0.2, -0.15) is 0 Å². The Hall–Kier alpha value is -2.68. The number of hydrogen-bond acceptors (Lipinski definition) is 2. The molecule has 100 valence electrons. The van der Waals surface area contributed by atoms with E-state index in [4.69, 9.17) is 0 Å². The summed E-state index contributed by atoms with van der Waals surface area (Å²) in [6, 6.07) is 16.4. The largest absolute Gasteiger partial charge is 0.326 e. The van der Waals surface area contributed by atoms with E-state index in [-0.39, 0.29) is 11.7 Å². The van der Waals surface area contributed by atoms with Crippen molar-refractivity contribution in [3.8, 4) is 0 Å². The highest BCUT2D eigenvalue weighted by Crippen LogP contribution is 2.12. The lowest BCUT2D eigenvalue weighted by Gasteiger charge is -2.02. The molecule has 0 heterocycles. The maximum Gasteiger partial charge on any atom is 0.221 e. The molecule has 0 aliphatic heterocycles. The molecule has 3 heteroatoms. The van der Waals surface area contributed by atoms with Gasteiger partial charge in [0.2, 0.25) is 5.91 Å². The quantitative estimate of drug-likeness (QED) is 0.679. The van der Waals surface area contributed by atoms with E-state index < -0.39 is 0 Å². The molecular formula is C17H15NO2. The molecule has 0 radical (unpaired) electrons. The Labute approximate surface area is 117 Å². The maximum absolute atomic E-state index is 11.9. The molecule has 2 aromatic rings. The molecule has 0 atom stereocenters. The minimum absolute atomic E-state index is 0.0458. The summed E-state index contributed by atoms with van der Waals surface area (Å²) < 4.78 is 0. The number of anilines is 1. The highest BCUT2D eigenvalue weighted by molar-refractivity contribution is 6.06. The van der Waals surface area contributed by atoms with E-state index in [1.165, 1.54) is 13.0 Å². The van der Waals surface area contributed by atoms with Gasteiger partial charge in [-0.15, -0.1) is 0 Å². The van der Waals surface area contributed by atoms with Crippen LogP contribution in [0, 0.1) is 0 Å². The third-order valence-electron chi connectivity index (χ3n) is 2.69. The van der Waals surface area contributed by atoms with Crippen molar-refractivity contribution in [1.29, 1.82) is 0 Å². The fourth-order valence-electron chi connectivity index (χ4n) is 1.79. The molecule has 3 nitrogen and oxygen atoms in total. The summed E-state index contributed by atoms with van der Waals surface area (Å²) in [5.41, 5.74) is 2.23. The number of benzene rings is 2. The summed E-state index contributed by atoms with van der Waals surface area (Å²) in [6.45, 7) is 1.46. The Morgan fingerprint density at radius 1 is 1.00 bits per heavy atom. The molecule has 0 aliphatic rings. The topological polar surface area (TPSA) is 46.2 Å². The van der Waals surface area contributed by atoms with Crippen molar-refractivity contribution in [1.82, 2.24) is 0 Å². The van der Waals surface area contributed by atoms with Crippen molar-refractivity contribution in [2.45, 2.75) is 6.92 Å². The molecule has 0 unspecified atom stereocenters. The number of nitrogens with one attached hydrogen (secondary N) is 1. The van der Waals surface area contributed by atoms with Crippen molar-refractivity contribution < 1.29 is 9.59 Å². The van der Waals surface area contributed by atoms with Gasteiger partial charge in [0.05, 0.1) is 0 Å². The standard InChI is InChI=1S/C17H15NO2/c1-13(19)18-16-9-5-6-14(12-16)10-11-17(20)15-7-3-2-4-8-15/h2-12H,1H3,(H,18,19). The smallest absolute Gasteiger partial charge is 0.221 e. The molecule has 2 rings (SSSR count). The van der Waals surface area contributed by atoms with Gasteiger partial charge in [-0.05, 0) is 23.8 Å². The average molecular weight is 265 g/mol. The van der Waals surface area contributed by atoms with Crippen LogP contribution in [-0.4, -0.2) is 11.7 Å². The molecule has 1 amide bonds. The number of carbonyl (C=O) groups excluding carboxylic acids is 2. The van der Waals surface area contributed by atoms with Gasteiger partial charge in [-0.1, -0.05) is 48.5 Å². The van der Waals surface area contributed by atoms with E-state index in [2.05, 4.69) is 5.32 Å². The number of rotatable bonds is 4. The monoisotopic (exact) mass is 265 g/mol. The lowest BCUT2D eigenvalue weighted by Crippen LogP contribution is -2.05. The normalized spacial score (nSPS) is 10.4. The molecule has 0 aromatic heterocycles. The van der Waals surface area contributed by atoms with Crippen molar-refractivity contribution in [2.24, 2.45) is 0 Å². The van der Waals surface area contributed by atoms with Gasteiger partial charge in [0.15, 0.2) is 5.78 Å². The number of hydrogen-bond donors (Lipinski definition) is 1. The number of allylic oxidation sites excluding steroid dienone is 1. The van der Waals surface area contributed by atoms with Crippen LogP contribution in [0.3, 0.4) is 0 Å². The first-order valence-electron chi connectivity index (χ1n) is 6.30.